The highest BCUT2D eigenvalue weighted by Gasteiger charge is 2.24. The molecule has 0 radical (unpaired) electrons. The van der Waals surface area contributed by atoms with Crippen LogP contribution >= 0.6 is 11.6 Å². The third-order valence-electron chi connectivity index (χ3n) is 4.31. The minimum atomic E-state index is -0.284. The summed E-state index contributed by atoms with van der Waals surface area (Å²) < 4.78 is 15.6. The van der Waals surface area contributed by atoms with Gasteiger partial charge < -0.3 is 4.90 Å². The molecule has 1 aromatic heterocycles. The van der Waals surface area contributed by atoms with Gasteiger partial charge in [0.15, 0.2) is 0 Å². The fraction of sp³-hybridized carbons (Fsp3) is 0.412. The van der Waals surface area contributed by atoms with Crippen molar-refractivity contribution in [3.8, 4) is 0 Å². The van der Waals surface area contributed by atoms with E-state index in [-0.39, 0.29) is 11.7 Å². The van der Waals surface area contributed by atoms with Crippen molar-refractivity contribution in [2.45, 2.75) is 20.0 Å². The van der Waals surface area contributed by atoms with Crippen molar-refractivity contribution >= 4 is 17.5 Å². The summed E-state index contributed by atoms with van der Waals surface area (Å²) >= 11 is 6.08. The van der Waals surface area contributed by atoms with Crippen LogP contribution in [0.3, 0.4) is 0 Å². The zero-order valence-electron chi connectivity index (χ0n) is 13.6. The smallest absolute Gasteiger partial charge is 0.257 e. The molecule has 0 aliphatic carbocycles. The molecule has 0 unspecified atom stereocenters. The number of carbonyl (C=O) groups excluding carboxylic acids is 1. The summed E-state index contributed by atoms with van der Waals surface area (Å²) in [7, 11) is 0. The Bertz CT molecular complexity index is 705. The van der Waals surface area contributed by atoms with E-state index in [2.05, 4.69) is 10.00 Å². The summed E-state index contributed by atoms with van der Waals surface area (Å²) in [6, 6.07) is 4.73. The summed E-state index contributed by atoms with van der Waals surface area (Å²) in [6.07, 6.45) is 3.38. The molecular weight excluding hydrogens is 331 g/mol. The Kier molecular flexibility index (Phi) is 5.16. The standard InChI is InChI=1S/C17H20ClFN4O/c1-2-23-11-13(10-20-23)17(24)22-8-6-21(7-9-22)12-14-15(18)4-3-5-16(14)19/h3-5,10-11H,2,6-9,12H2,1H3. The molecule has 1 aromatic carbocycles. The number of benzene rings is 1. The van der Waals surface area contributed by atoms with Crippen LogP contribution < -0.4 is 0 Å². The van der Waals surface area contributed by atoms with E-state index in [1.807, 2.05) is 11.8 Å². The van der Waals surface area contributed by atoms with Crippen LogP contribution in [0.15, 0.2) is 30.6 Å². The van der Waals surface area contributed by atoms with E-state index in [9.17, 15) is 9.18 Å². The zero-order chi connectivity index (χ0) is 17.1. The van der Waals surface area contributed by atoms with Crippen molar-refractivity contribution in [3.63, 3.8) is 0 Å². The van der Waals surface area contributed by atoms with Gasteiger partial charge in [0, 0.05) is 56.1 Å². The Morgan fingerprint density at radius 3 is 2.67 bits per heavy atom. The molecule has 2 heterocycles. The summed E-state index contributed by atoms with van der Waals surface area (Å²) in [6.45, 7) is 5.79. The van der Waals surface area contributed by atoms with Crippen molar-refractivity contribution < 1.29 is 9.18 Å². The van der Waals surface area contributed by atoms with Crippen molar-refractivity contribution in [2.75, 3.05) is 26.2 Å². The van der Waals surface area contributed by atoms with E-state index in [1.165, 1.54) is 6.07 Å². The maximum absolute atomic E-state index is 13.9. The summed E-state index contributed by atoms with van der Waals surface area (Å²) in [5.74, 6) is -0.286. The molecule has 5 nitrogen and oxygen atoms in total. The van der Waals surface area contributed by atoms with Crippen LogP contribution in [0, 0.1) is 5.82 Å². The Morgan fingerprint density at radius 1 is 1.29 bits per heavy atom. The lowest BCUT2D eigenvalue weighted by Gasteiger charge is -2.34. The minimum Gasteiger partial charge on any atom is -0.336 e. The predicted molar refractivity (Wildman–Crippen MR) is 90.5 cm³/mol. The quantitative estimate of drug-likeness (QED) is 0.851. The predicted octanol–water partition coefficient (Wildman–Crippen LogP) is 2.65. The molecule has 3 rings (SSSR count). The van der Waals surface area contributed by atoms with Gasteiger partial charge in [-0.2, -0.15) is 5.10 Å². The third-order valence-corrected chi connectivity index (χ3v) is 4.66. The summed E-state index contributed by atoms with van der Waals surface area (Å²) in [5.41, 5.74) is 1.13. The number of halogens is 2. The lowest BCUT2D eigenvalue weighted by atomic mass is 10.1. The van der Waals surface area contributed by atoms with Crippen LogP contribution in [0.4, 0.5) is 4.39 Å². The van der Waals surface area contributed by atoms with Crippen LogP contribution in [0.1, 0.15) is 22.8 Å². The van der Waals surface area contributed by atoms with E-state index in [1.54, 1.807) is 29.2 Å². The lowest BCUT2D eigenvalue weighted by Crippen LogP contribution is -2.48. The Labute approximate surface area is 145 Å². The van der Waals surface area contributed by atoms with Gasteiger partial charge in [0.25, 0.3) is 5.91 Å². The maximum atomic E-state index is 13.9. The number of amides is 1. The molecule has 0 atom stereocenters. The minimum absolute atomic E-state index is 0.00160. The normalized spacial score (nSPS) is 15.7. The highest BCUT2D eigenvalue weighted by atomic mass is 35.5. The number of rotatable bonds is 4. The monoisotopic (exact) mass is 350 g/mol. The van der Waals surface area contributed by atoms with Crippen LogP contribution in [-0.2, 0) is 13.1 Å². The van der Waals surface area contributed by atoms with E-state index < -0.39 is 0 Å². The second-order valence-corrected chi connectivity index (χ2v) is 6.26. The van der Waals surface area contributed by atoms with Gasteiger partial charge in [-0.1, -0.05) is 17.7 Å². The van der Waals surface area contributed by atoms with Crippen molar-refractivity contribution in [1.29, 1.82) is 0 Å². The molecule has 128 valence electrons. The molecule has 24 heavy (non-hydrogen) atoms. The average Bonchev–Trinajstić information content (AvgIpc) is 3.07. The largest absolute Gasteiger partial charge is 0.336 e. The van der Waals surface area contributed by atoms with Crippen molar-refractivity contribution in [1.82, 2.24) is 19.6 Å². The highest BCUT2D eigenvalue weighted by Crippen LogP contribution is 2.21. The van der Waals surface area contributed by atoms with E-state index >= 15 is 0 Å². The van der Waals surface area contributed by atoms with Crippen molar-refractivity contribution in [2.24, 2.45) is 0 Å². The first kappa shape index (κ1) is 16.9. The molecule has 1 fully saturated rings. The summed E-state index contributed by atoms with van der Waals surface area (Å²) in [4.78, 5) is 16.4. The van der Waals surface area contributed by atoms with Crippen LogP contribution in [0.25, 0.3) is 0 Å². The van der Waals surface area contributed by atoms with Gasteiger partial charge in [0.1, 0.15) is 5.82 Å². The highest BCUT2D eigenvalue weighted by molar-refractivity contribution is 6.31. The molecule has 1 aliphatic heterocycles. The third kappa shape index (κ3) is 3.60. The van der Waals surface area contributed by atoms with Crippen LogP contribution in [0.5, 0.6) is 0 Å². The van der Waals surface area contributed by atoms with Gasteiger partial charge in [0.2, 0.25) is 0 Å². The first-order valence-corrected chi connectivity index (χ1v) is 8.43. The molecule has 1 amide bonds. The number of hydrogen-bond donors (Lipinski definition) is 0. The molecular formula is C17H20ClFN4O. The fourth-order valence-corrected chi connectivity index (χ4v) is 3.07. The number of piperazine rings is 1. The van der Waals surface area contributed by atoms with Crippen LogP contribution in [0.2, 0.25) is 5.02 Å². The van der Waals surface area contributed by atoms with Gasteiger partial charge in [-0.25, -0.2) is 4.39 Å². The Morgan fingerprint density at radius 2 is 2.04 bits per heavy atom. The van der Waals surface area contributed by atoms with Gasteiger partial charge >= 0.3 is 0 Å². The second kappa shape index (κ2) is 7.32. The first-order valence-electron chi connectivity index (χ1n) is 8.05. The number of hydrogen-bond acceptors (Lipinski definition) is 3. The second-order valence-electron chi connectivity index (χ2n) is 5.85. The topological polar surface area (TPSA) is 41.4 Å². The fourth-order valence-electron chi connectivity index (χ4n) is 2.85. The molecule has 1 saturated heterocycles. The molecule has 0 bridgehead atoms. The molecule has 7 heteroatoms. The molecule has 1 aliphatic rings. The van der Waals surface area contributed by atoms with Gasteiger partial charge in [0.05, 0.1) is 11.8 Å². The van der Waals surface area contributed by atoms with Gasteiger partial charge in [-0.3, -0.25) is 14.4 Å². The van der Waals surface area contributed by atoms with E-state index in [0.29, 0.717) is 48.9 Å². The van der Waals surface area contributed by atoms with Gasteiger partial charge in [-0.05, 0) is 19.1 Å². The summed E-state index contributed by atoms with van der Waals surface area (Å²) in [5, 5.41) is 4.59. The number of carbonyl (C=O) groups is 1. The molecule has 0 saturated carbocycles. The zero-order valence-corrected chi connectivity index (χ0v) is 14.3. The lowest BCUT2D eigenvalue weighted by molar-refractivity contribution is 0.0627. The molecule has 2 aromatic rings. The Hall–Kier alpha value is -1.92. The Balaban J connectivity index is 1.58. The first-order chi connectivity index (χ1) is 11.6. The number of aryl methyl sites for hydroxylation is 1. The van der Waals surface area contributed by atoms with Crippen molar-refractivity contribution in [3.05, 3.63) is 52.6 Å². The SMILES string of the molecule is CCn1cc(C(=O)N2CCN(Cc3c(F)cccc3Cl)CC2)cn1. The number of nitrogens with zero attached hydrogens (tertiary/aromatic N) is 4. The van der Waals surface area contributed by atoms with E-state index in [4.69, 9.17) is 11.6 Å². The molecule has 0 spiro atoms. The average molecular weight is 351 g/mol. The maximum Gasteiger partial charge on any atom is 0.257 e. The van der Waals surface area contributed by atoms with E-state index in [0.717, 1.165) is 6.54 Å². The van der Waals surface area contributed by atoms with Crippen LogP contribution in [-0.4, -0.2) is 51.7 Å². The van der Waals surface area contributed by atoms with Gasteiger partial charge in [-0.15, -0.1) is 0 Å². The molecule has 0 N–H and O–H groups in total. The number of aromatic nitrogens is 2.